The van der Waals surface area contributed by atoms with Gasteiger partial charge in [0, 0.05) is 76.3 Å². The number of nitrogens with zero attached hydrogens (tertiary/aromatic N) is 6. The number of piperazine rings is 1. The lowest BCUT2D eigenvalue weighted by atomic mass is 9.90. The Kier molecular flexibility index (Phi) is 8.75. The Bertz CT molecular complexity index is 2030. The van der Waals surface area contributed by atoms with E-state index in [-0.39, 0.29) is 29.2 Å². The molecular formula is C38H44FN7O4. The van der Waals surface area contributed by atoms with Crippen LogP contribution in [-0.4, -0.2) is 70.2 Å². The van der Waals surface area contributed by atoms with E-state index in [0.29, 0.717) is 47.0 Å². The molecule has 4 aromatic rings. The first-order chi connectivity index (χ1) is 23.9. The summed E-state index contributed by atoms with van der Waals surface area (Å²) >= 11 is 0. The number of halogens is 1. The monoisotopic (exact) mass is 681 g/mol. The van der Waals surface area contributed by atoms with Gasteiger partial charge in [0.1, 0.15) is 29.6 Å². The molecule has 0 radical (unpaired) electrons. The molecule has 5 heterocycles. The topological polar surface area (TPSA) is 105 Å². The van der Waals surface area contributed by atoms with E-state index in [2.05, 4.69) is 45.4 Å². The standard InChI is InChI=1S/C38H44FN7O4/c1-6-43-9-11-44(12-10-43)28-7-8-35(40-21-28)41-31-15-26(22-42(5)36(31)48)29-17-27(39)18-32(30(29)23-50-24(2)47)46-14-13-45-33(37(46)49)16-25-19-38(3,4)20-34(25)45/h7-8,15-18,21-22H,6,9-14,19-20,23H2,1-5H3,(H,40,41). The van der Waals surface area contributed by atoms with Gasteiger partial charge in [0.15, 0.2) is 0 Å². The number of pyridine rings is 2. The number of nitrogens with one attached hydrogen (secondary N) is 1. The van der Waals surface area contributed by atoms with Crippen LogP contribution in [0.1, 0.15) is 55.0 Å². The molecule has 1 aromatic carbocycles. The first-order valence-corrected chi connectivity index (χ1v) is 17.3. The SMILES string of the molecule is CCN1CCN(c2ccc(Nc3cc(-c4cc(F)cc(N5CCn6c(cc7c6CC(C)(C)C7)C5=O)c4COC(C)=O)cn(C)c3=O)nc2)CC1. The van der Waals surface area contributed by atoms with Gasteiger partial charge in [-0.1, -0.05) is 20.8 Å². The van der Waals surface area contributed by atoms with Crippen LogP contribution in [0.2, 0.25) is 0 Å². The largest absolute Gasteiger partial charge is 0.461 e. The smallest absolute Gasteiger partial charge is 0.302 e. The summed E-state index contributed by atoms with van der Waals surface area (Å²) in [6.45, 7) is 13.5. The molecule has 1 N–H and O–H groups in total. The number of amides is 1. The molecule has 50 heavy (non-hydrogen) atoms. The molecule has 12 heteroatoms. The molecule has 0 bridgehead atoms. The summed E-state index contributed by atoms with van der Waals surface area (Å²) in [4.78, 5) is 50.3. The predicted octanol–water partition coefficient (Wildman–Crippen LogP) is 5.12. The summed E-state index contributed by atoms with van der Waals surface area (Å²) in [6.07, 6.45) is 5.22. The van der Waals surface area contributed by atoms with Crippen LogP contribution in [0.5, 0.6) is 0 Å². The van der Waals surface area contributed by atoms with E-state index in [1.165, 1.54) is 34.9 Å². The van der Waals surface area contributed by atoms with Gasteiger partial charge in [-0.05, 0) is 72.3 Å². The minimum Gasteiger partial charge on any atom is -0.461 e. The van der Waals surface area contributed by atoms with Crippen LogP contribution in [0.4, 0.5) is 27.3 Å². The molecule has 0 saturated carbocycles. The van der Waals surface area contributed by atoms with Crippen LogP contribution in [0, 0.1) is 11.2 Å². The van der Waals surface area contributed by atoms with Crippen molar-refractivity contribution in [3.63, 3.8) is 0 Å². The zero-order valence-electron chi connectivity index (χ0n) is 29.4. The Morgan fingerprint density at radius 3 is 2.50 bits per heavy atom. The maximum absolute atomic E-state index is 15.6. The van der Waals surface area contributed by atoms with Crippen LogP contribution < -0.4 is 20.7 Å². The Morgan fingerprint density at radius 2 is 1.80 bits per heavy atom. The Hall–Kier alpha value is -4.97. The van der Waals surface area contributed by atoms with Gasteiger partial charge in [-0.3, -0.25) is 14.4 Å². The van der Waals surface area contributed by atoms with Crippen molar-refractivity contribution in [2.75, 3.05) is 54.4 Å². The van der Waals surface area contributed by atoms with Crippen molar-refractivity contribution in [2.24, 2.45) is 12.5 Å². The molecule has 11 nitrogen and oxygen atoms in total. The zero-order valence-corrected chi connectivity index (χ0v) is 29.4. The molecule has 7 rings (SSSR count). The van der Waals surface area contributed by atoms with Gasteiger partial charge in [0.25, 0.3) is 11.5 Å². The highest BCUT2D eigenvalue weighted by molar-refractivity contribution is 6.07. The molecule has 0 atom stereocenters. The molecule has 2 aliphatic heterocycles. The van der Waals surface area contributed by atoms with Gasteiger partial charge in [0.05, 0.1) is 17.6 Å². The first-order valence-electron chi connectivity index (χ1n) is 17.3. The Labute approximate surface area is 291 Å². The normalized spacial score (nSPS) is 17.1. The van der Waals surface area contributed by atoms with Crippen molar-refractivity contribution >= 4 is 34.8 Å². The second kappa shape index (κ2) is 13.1. The van der Waals surface area contributed by atoms with Gasteiger partial charge >= 0.3 is 5.97 Å². The highest BCUT2D eigenvalue weighted by atomic mass is 19.1. The van der Waals surface area contributed by atoms with Gasteiger partial charge in [-0.15, -0.1) is 0 Å². The number of carbonyl (C=O) groups excluding carboxylic acids is 2. The highest BCUT2D eigenvalue weighted by Crippen LogP contribution is 2.41. The number of ether oxygens (including phenoxy) is 1. The zero-order chi connectivity index (χ0) is 35.3. The molecule has 262 valence electrons. The summed E-state index contributed by atoms with van der Waals surface area (Å²) in [5.41, 5.74) is 5.80. The number of aryl methyl sites for hydroxylation is 1. The summed E-state index contributed by atoms with van der Waals surface area (Å²) < 4.78 is 24.6. The lowest BCUT2D eigenvalue weighted by Crippen LogP contribution is -2.46. The molecule has 1 aliphatic carbocycles. The van der Waals surface area contributed by atoms with Crippen LogP contribution in [0.15, 0.2) is 53.6 Å². The van der Waals surface area contributed by atoms with Gasteiger partial charge in [-0.2, -0.15) is 0 Å². The number of aromatic nitrogens is 3. The lowest BCUT2D eigenvalue weighted by molar-refractivity contribution is -0.142. The minimum absolute atomic E-state index is 0.148. The highest BCUT2D eigenvalue weighted by Gasteiger charge is 2.37. The quantitative estimate of drug-likeness (QED) is 0.256. The number of anilines is 4. The summed E-state index contributed by atoms with van der Waals surface area (Å²) in [7, 11) is 1.62. The van der Waals surface area contributed by atoms with E-state index in [1.54, 1.807) is 30.4 Å². The average molecular weight is 682 g/mol. The maximum atomic E-state index is 15.6. The Balaban J connectivity index is 1.22. The first kappa shape index (κ1) is 33.5. The van der Waals surface area contributed by atoms with Crippen LogP contribution in [0.3, 0.4) is 0 Å². The van der Waals surface area contributed by atoms with Crippen LogP contribution in [0.25, 0.3) is 11.1 Å². The number of esters is 1. The number of likely N-dealkylation sites (N-methyl/N-ethyl adjacent to an activating group) is 1. The molecule has 3 aromatic heterocycles. The number of carbonyl (C=O) groups is 2. The van der Waals surface area contributed by atoms with Crippen molar-refractivity contribution in [1.82, 2.24) is 19.0 Å². The van der Waals surface area contributed by atoms with Crippen LogP contribution in [-0.2, 0) is 42.6 Å². The van der Waals surface area contributed by atoms with Gasteiger partial charge in [0.2, 0.25) is 0 Å². The van der Waals surface area contributed by atoms with E-state index >= 15 is 4.39 Å². The molecule has 1 amide bonds. The lowest BCUT2D eigenvalue weighted by Gasteiger charge is -2.35. The van der Waals surface area contributed by atoms with Crippen molar-refractivity contribution in [2.45, 2.75) is 53.7 Å². The second-order valence-corrected chi connectivity index (χ2v) is 14.4. The summed E-state index contributed by atoms with van der Waals surface area (Å²) in [5, 5.41) is 3.16. The number of rotatable bonds is 8. The molecular weight excluding hydrogens is 637 g/mol. The van der Waals surface area contributed by atoms with Crippen molar-refractivity contribution in [3.8, 4) is 11.1 Å². The Morgan fingerprint density at radius 1 is 1.02 bits per heavy atom. The van der Waals surface area contributed by atoms with Crippen LogP contribution >= 0.6 is 0 Å². The van der Waals surface area contributed by atoms with Gasteiger partial charge < -0.3 is 33.9 Å². The molecule has 0 unspecified atom stereocenters. The van der Waals surface area contributed by atoms with Crippen molar-refractivity contribution < 1.29 is 18.7 Å². The third-order valence-corrected chi connectivity index (χ3v) is 10.2. The summed E-state index contributed by atoms with van der Waals surface area (Å²) in [6, 6.07) is 10.1. The van der Waals surface area contributed by atoms with Gasteiger partial charge in [-0.25, -0.2) is 9.37 Å². The molecule has 1 saturated heterocycles. The fourth-order valence-electron chi connectivity index (χ4n) is 7.64. The minimum atomic E-state index is -0.556. The number of fused-ring (bicyclic) bond motifs is 3. The average Bonchev–Trinajstić information content (AvgIpc) is 3.58. The molecule has 1 fully saturated rings. The molecule has 0 spiro atoms. The third-order valence-electron chi connectivity index (χ3n) is 10.2. The maximum Gasteiger partial charge on any atom is 0.302 e. The van der Waals surface area contributed by atoms with E-state index < -0.39 is 11.8 Å². The molecule has 3 aliphatic rings. The van der Waals surface area contributed by atoms with E-state index in [0.717, 1.165) is 51.3 Å². The van der Waals surface area contributed by atoms with Crippen molar-refractivity contribution in [1.29, 1.82) is 0 Å². The number of hydrogen-bond donors (Lipinski definition) is 1. The fourth-order valence-corrected chi connectivity index (χ4v) is 7.64. The second-order valence-electron chi connectivity index (χ2n) is 14.4. The van der Waals surface area contributed by atoms with E-state index in [9.17, 15) is 14.4 Å². The van der Waals surface area contributed by atoms with E-state index in [4.69, 9.17) is 4.74 Å². The fraction of sp³-hybridized carbons (Fsp3) is 0.421. The predicted molar refractivity (Wildman–Crippen MR) is 192 cm³/mol. The van der Waals surface area contributed by atoms with Crippen molar-refractivity contribution in [3.05, 3.63) is 87.5 Å². The number of benzene rings is 1. The van der Waals surface area contributed by atoms with E-state index in [1.807, 2.05) is 18.2 Å². The summed E-state index contributed by atoms with van der Waals surface area (Å²) in [5.74, 6) is -0.796. The third kappa shape index (κ3) is 6.39. The number of hydrogen-bond acceptors (Lipinski definition) is 8.